The minimum Gasteiger partial charge on any atom is -0.248 e. The zero-order chi connectivity index (χ0) is 15.8. The van der Waals surface area contributed by atoms with Crippen LogP contribution in [0.4, 0.5) is 0 Å². The van der Waals surface area contributed by atoms with Crippen LogP contribution in [0, 0.1) is 0 Å². The van der Waals surface area contributed by atoms with E-state index in [1.807, 2.05) is 0 Å². The monoisotopic (exact) mass is 345 g/mol. The molecule has 22 heavy (non-hydrogen) atoms. The first-order valence-electron chi connectivity index (χ1n) is 8.66. The van der Waals surface area contributed by atoms with Crippen LogP contribution in [0.15, 0.2) is 0 Å². The van der Waals surface area contributed by atoms with Crippen molar-refractivity contribution < 1.29 is 46.3 Å². The molecule has 0 fully saturated rings. The Bertz CT molecular complexity index is 283. The fraction of sp³-hybridized carbons (Fsp3) is 1.00. The fourth-order valence-electron chi connectivity index (χ4n) is 2.12. The summed E-state index contributed by atoms with van der Waals surface area (Å²) in [6.45, 7) is 4.84. The first-order chi connectivity index (χ1) is 10.1. The summed E-state index contributed by atoms with van der Waals surface area (Å²) in [4.78, 5) is 0. The van der Waals surface area contributed by atoms with Gasteiger partial charge >= 0.3 is 40.0 Å². The van der Waals surface area contributed by atoms with Crippen molar-refractivity contribution in [2.45, 2.75) is 90.9 Å². The van der Waals surface area contributed by atoms with Gasteiger partial charge < -0.3 is 0 Å². The predicted molar refractivity (Wildman–Crippen MR) is 87.6 cm³/mol. The summed E-state index contributed by atoms with van der Waals surface area (Å²) in [5.74, 6) is 0. The Hall–Kier alpha value is 0.870. The van der Waals surface area contributed by atoms with Crippen LogP contribution in [-0.4, -0.2) is 21.6 Å². The maximum Gasteiger partial charge on any atom is 1.00 e. The van der Waals surface area contributed by atoms with Crippen molar-refractivity contribution in [2.75, 3.05) is 13.2 Å². The molecule has 0 atom stereocenters. The summed E-state index contributed by atoms with van der Waals surface area (Å²) in [7, 11) is -3.78. The smallest absolute Gasteiger partial charge is 0.248 e. The van der Waals surface area contributed by atoms with E-state index in [4.69, 9.17) is 8.37 Å². The van der Waals surface area contributed by atoms with Gasteiger partial charge in [-0.15, -0.1) is 0 Å². The SMILES string of the molecule is CCCCCCCCOS(=O)(=O)OCCCCCCCC.[Na+]. The molecule has 0 aliphatic rings. The molecule has 0 heterocycles. The third-order valence-electron chi connectivity index (χ3n) is 3.45. The second kappa shape index (κ2) is 18.2. The van der Waals surface area contributed by atoms with Gasteiger partial charge in [0.1, 0.15) is 0 Å². The van der Waals surface area contributed by atoms with Gasteiger partial charge in [0.25, 0.3) is 0 Å². The Kier molecular flexibility index (Phi) is 20.8. The molecule has 4 nitrogen and oxygen atoms in total. The molecule has 0 unspecified atom stereocenters. The van der Waals surface area contributed by atoms with Crippen molar-refractivity contribution in [3.05, 3.63) is 0 Å². The van der Waals surface area contributed by atoms with Crippen LogP contribution in [0.1, 0.15) is 90.9 Å². The van der Waals surface area contributed by atoms with Gasteiger partial charge in [0.05, 0.1) is 13.2 Å². The van der Waals surface area contributed by atoms with Crippen molar-refractivity contribution >= 4 is 10.4 Å². The molecular formula is C16H34NaO4S+. The van der Waals surface area contributed by atoms with Gasteiger partial charge in [0.2, 0.25) is 0 Å². The molecular weight excluding hydrogens is 311 g/mol. The molecule has 0 aromatic rings. The molecule has 0 radical (unpaired) electrons. The summed E-state index contributed by atoms with van der Waals surface area (Å²) in [6, 6.07) is 0. The third kappa shape index (κ3) is 18.9. The Labute approximate surface area is 160 Å². The van der Waals surface area contributed by atoms with Gasteiger partial charge in [0.15, 0.2) is 0 Å². The molecule has 0 rings (SSSR count). The maximum atomic E-state index is 11.5. The minimum atomic E-state index is -3.78. The molecule has 0 aliphatic carbocycles. The zero-order valence-corrected chi connectivity index (χ0v) is 17.8. The van der Waals surface area contributed by atoms with Crippen LogP contribution in [0.3, 0.4) is 0 Å². The van der Waals surface area contributed by atoms with Gasteiger partial charge in [0, 0.05) is 0 Å². The Morgan fingerprint density at radius 3 is 1.27 bits per heavy atom. The summed E-state index contributed by atoms with van der Waals surface area (Å²) >= 11 is 0. The Morgan fingerprint density at radius 1 is 0.591 bits per heavy atom. The van der Waals surface area contributed by atoms with Gasteiger partial charge in [-0.1, -0.05) is 78.1 Å². The molecule has 0 spiro atoms. The van der Waals surface area contributed by atoms with Crippen LogP contribution in [0.2, 0.25) is 0 Å². The maximum absolute atomic E-state index is 11.5. The van der Waals surface area contributed by atoms with Crippen molar-refractivity contribution in [3.63, 3.8) is 0 Å². The first kappa shape index (κ1) is 25.1. The molecule has 0 N–H and O–H groups in total. The molecule has 0 saturated heterocycles. The fourth-order valence-corrected chi connectivity index (χ4v) is 2.83. The van der Waals surface area contributed by atoms with Gasteiger partial charge in [-0.05, 0) is 12.8 Å². The molecule has 0 aromatic heterocycles. The molecule has 0 aromatic carbocycles. The van der Waals surface area contributed by atoms with E-state index < -0.39 is 10.4 Å². The van der Waals surface area contributed by atoms with Crippen molar-refractivity contribution in [3.8, 4) is 0 Å². The Morgan fingerprint density at radius 2 is 0.909 bits per heavy atom. The van der Waals surface area contributed by atoms with Gasteiger partial charge in [-0.3, -0.25) is 0 Å². The van der Waals surface area contributed by atoms with Crippen LogP contribution >= 0.6 is 0 Å². The van der Waals surface area contributed by atoms with E-state index in [9.17, 15) is 8.42 Å². The van der Waals surface area contributed by atoms with Crippen LogP contribution in [-0.2, 0) is 18.8 Å². The van der Waals surface area contributed by atoms with Gasteiger partial charge in [-0.25, -0.2) is 8.37 Å². The normalized spacial score (nSPS) is 11.4. The van der Waals surface area contributed by atoms with E-state index in [-0.39, 0.29) is 42.8 Å². The summed E-state index contributed by atoms with van der Waals surface area (Å²) in [5, 5.41) is 0. The topological polar surface area (TPSA) is 52.6 Å². The quantitative estimate of drug-likeness (QED) is 0.317. The summed E-state index contributed by atoms with van der Waals surface area (Å²) in [6.07, 6.45) is 13.3. The van der Waals surface area contributed by atoms with E-state index in [2.05, 4.69) is 13.8 Å². The largest absolute Gasteiger partial charge is 1.00 e. The second-order valence-corrected chi connectivity index (χ2v) is 6.88. The zero-order valence-electron chi connectivity index (χ0n) is 14.9. The molecule has 128 valence electrons. The first-order valence-corrected chi connectivity index (χ1v) is 9.99. The standard InChI is InChI=1S/C16H34O4S.Na/c1-3-5-7-9-11-13-15-19-21(17,18)20-16-14-12-10-8-6-4-2;/h3-16H2,1-2H3;/q;+1. The minimum absolute atomic E-state index is 0. The average molecular weight is 346 g/mol. The molecule has 0 bridgehead atoms. The third-order valence-corrected chi connectivity index (χ3v) is 4.36. The molecule has 0 aliphatic heterocycles. The summed E-state index contributed by atoms with van der Waals surface area (Å²) < 4.78 is 32.6. The number of rotatable bonds is 16. The average Bonchev–Trinajstić information content (AvgIpc) is 2.45. The Balaban J connectivity index is 0. The van der Waals surface area contributed by atoms with Gasteiger partial charge in [-0.2, -0.15) is 8.42 Å². The van der Waals surface area contributed by atoms with E-state index in [0.717, 1.165) is 38.5 Å². The molecule has 6 heteroatoms. The summed E-state index contributed by atoms with van der Waals surface area (Å²) in [5.41, 5.74) is 0. The molecule has 0 saturated carbocycles. The van der Waals surface area contributed by atoms with E-state index in [1.54, 1.807) is 0 Å². The van der Waals surface area contributed by atoms with Crippen molar-refractivity contribution in [1.29, 1.82) is 0 Å². The van der Waals surface area contributed by atoms with E-state index in [1.165, 1.54) is 38.5 Å². The van der Waals surface area contributed by atoms with Crippen molar-refractivity contribution in [1.82, 2.24) is 0 Å². The number of unbranched alkanes of at least 4 members (excludes halogenated alkanes) is 10. The van der Waals surface area contributed by atoms with E-state index in [0.29, 0.717) is 0 Å². The van der Waals surface area contributed by atoms with Crippen molar-refractivity contribution in [2.24, 2.45) is 0 Å². The van der Waals surface area contributed by atoms with Crippen LogP contribution in [0.25, 0.3) is 0 Å². The molecule has 0 amide bonds. The van der Waals surface area contributed by atoms with Crippen LogP contribution in [0.5, 0.6) is 0 Å². The predicted octanol–water partition coefficient (Wildman–Crippen LogP) is 1.99. The van der Waals surface area contributed by atoms with Crippen LogP contribution < -0.4 is 29.6 Å². The number of hydrogen-bond donors (Lipinski definition) is 0. The van der Waals surface area contributed by atoms with E-state index >= 15 is 0 Å². The number of hydrogen-bond acceptors (Lipinski definition) is 4. The second-order valence-electron chi connectivity index (χ2n) is 5.59.